The molecule has 11 heteroatoms. The standard InChI is InChI=1S/C11H17N4O6P/c1-19-4-8(21-7-22(16,17)18)3-15-6-14-9-10(15)12-5-13-11(9)20-2/h5-6,8H,3-4,7H2,1-2H3,(H2,16,17,18). The van der Waals surface area contributed by atoms with Crippen LogP contribution in [0, 0.1) is 0 Å². The van der Waals surface area contributed by atoms with E-state index in [1.54, 1.807) is 4.57 Å². The Bertz CT molecular complexity index is 672. The number of methoxy groups -OCH3 is 2. The summed E-state index contributed by atoms with van der Waals surface area (Å²) in [6, 6.07) is 0. The first kappa shape index (κ1) is 16.8. The molecular weight excluding hydrogens is 315 g/mol. The van der Waals surface area contributed by atoms with Gasteiger partial charge in [0.2, 0.25) is 5.88 Å². The SMILES string of the molecule is COCC(Cn1cnc2c(OC)ncnc21)OCP(=O)(O)O. The van der Waals surface area contributed by atoms with Crippen LogP contribution in [0.15, 0.2) is 12.7 Å². The fourth-order valence-corrected chi connectivity index (χ4v) is 2.31. The predicted octanol–water partition coefficient (Wildman–Crippen LogP) is 0.00170. The van der Waals surface area contributed by atoms with E-state index >= 15 is 0 Å². The Morgan fingerprint density at radius 3 is 2.73 bits per heavy atom. The lowest BCUT2D eigenvalue weighted by Gasteiger charge is -2.18. The van der Waals surface area contributed by atoms with Crippen molar-refractivity contribution < 1.29 is 28.6 Å². The summed E-state index contributed by atoms with van der Waals surface area (Å²) in [6.07, 6.45) is 1.65. The van der Waals surface area contributed by atoms with Crippen LogP contribution in [0.5, 0.6) is 5.88 Å². The molecule has 0 amide bonds. The average molecular weight is 332 g/mol. The molecule has 2 rings (SSSR count). The number of nitrogens with zero attached hydrogens (tertiary/aromatic N) is 4. The largest absolute Gasteiger partial charge is 0.479 e. The molecule has 0 aliphatic rings. The van der Waals surface area contributed by atoms with Gasteiger partial charge in [-0.05, 0) is 0 Å². The third-order valence-corrected chi connectivity index (χ3v) is 3.28. The summed E-state index contributed by atoms with van der Waals surface area (Å²) in [5.41, 5.74) is 1.03. The summed E-state index contributed by atoms with van der Waals surface area (Å²) in [5, 5.41) is 0. The molecule has 2 aromatic heterocycles. The Morgan fingerprint density at radius 1 is 1.32 bits per heavy atom. The molecule has 0 bridgehead atoms. The minimum Gasteiger partial charge on any atom is -0.479 e. The highest BCUT2D eigenvalue weighted by atomic mass is 31.2. The van der Waals surface area contributed by atoms with Crippen molar-refractivity contribution in [3.05, 3.63) is 12.7 Å². The fourth-order valence-electron chi connectivity index (χ4n) is 1.90. The number of imidazole rings is 1. The monoisotopic (exact) mass is 332 g/mol. The molecule has 0 spiro atoms. The molecule has 0 aromatic carbocycles. The van der Waals surface area contributed by atoms with Gasteiger partial charge in [-0.1, -0.05) is 0 Å². The van der Waals surface area contributed by atoms with Gasteiger partial charge in [-0.25, -0.2) is 9.97 Å². The summed E-state index contributed by atoms with van der Waals surface area (Å²) in [6.45, 7) is 0.437. The average Bonchev–Trinajstić information content (AvgIpc) is 2.87. The topological polar surface area (TPSA) is 129 Å². The molecule has 2 N–H and O–H groups in total. The molecule has 22 heavy (non-hydrogen) atoms. The van der Waals surface area contributed by atoms with Crippen LogP contribution in [0.3, 0.4) is 0 Å². The molecule has 2 heterocycles. The highest BCUT2D eigenvalue weighted by Gasteiger charge is 2.20. The van der Waals surface area contributed by atoms with E-state index in [-0.39, 0.29) is 13.2 Å². The molecule has 122 valence electrons. The Hall–Kier alpha value is -1.58. The normalized spacial score (nSPS) is 13.5. The van der Waals surface area contributed by atoms with Crippen LogP contribution < -0.4 is 4.74 Å². The van der Waals surface area contributed by atoms with Gasteiger partial charge in [0.15, 0.2) is 11.2 Å². The molecular formula is C11H17N4O6P. The van der Waals surface area contributed by atoms with Gasteiger partial charge in [-0.15, -0.1) is 0 Å². The van der Waals surface area contributed by atoms with E-state index in [0.717, 1.165) is 0 Å². The highest BCUT2D eigenvalue weighted by Crippen LogP contribution is 2.34. The quantitative estimate of drug-likeness (QED) is 0.642. The molecule has 10 nitrogen and oxygen atoms in total. The molecule has 1 atom stereocenters. The molecule has 1 unspecified atom stereocenters. The number of fused-ring (bicyclic) bond motifs is 1. The molecule has 0 aliphatic heterocycles. The van der Waals surface area contributed by atoms with E-state index < -0.39 is 20.0 Å². The van der Waals surface area contributed by atoms with Crippen LogP contribution in [-0.4, -0.2) is 62.6 Å². The first-order valence-corrected chi connectivity index (χ1v) is 8.09. The summed E-state index contributed by atoms with van der Waals surface area (Å²) < 4.78 is 27.9. The summed E-state index contributed by atoms with van der Waals surface area (Å²) in [4.78, 5) is 30.0. The van der Waals surface area contributed by atoms with E-state index in [0.29, 0.717) is 17.0 Å². The van der Waals surface area contributed by atoms with E-state index in [4.69, 9.17) is 24.0 Å². The molecule has 2 aromatic rings. The maximum atomic E-state index is 10.9. The van der Waals surface area contributed by atoms with Crippen molar-refractivity contribution in [3.63, 3.8) is 0 Å². The Kier molecular flexibility index (Phi) is 5.43. The van der Waals surface area contributed by atoms with Crippen LogP contribution >= 0.6 is 7.60 Å². The molecule has 0 saturated heterocycles. The first-order chi connectivity index (χ1) is 10.4. The summed E-state index contributed by atoms with van der Waals surface area (Å²) in [5.74, 6) is 0.350. The second-order valence-electron chi connectivity index (χ2n) is 4.49. The van der Waals surface area contributed by atoms with E-state index in [1.165, 1.54) is 26.9 Å². The number of ether oxygens (including phenoxy) is 3. The van der Waals surface area contributed by atoms with Crippen LogP contribution in [0.1, 0.15) is 0 Å². The predicted molar refractivity (Wildman–Crippen MR) is 75.5 cm³/mol. The Labute approximate surface area is 126 Å². The number of rotatable bonds is 8. The summed E-state index contributed by atoms with van der Waals surface area (Å²) in [7, 11) is -1.28. The van der Waals surface area contributed by atoms with Crippen molar-refractivity contribution in [1.82, 2.24) is 19.5 Å². The third-order valence-electron chi connectivity index (χ3n) is 2.79. The minimum atomic E-state index is -4.24. The van der Waals surface area contributed by atoms with Gasteiger partial charge in [-0.3, -0.25) is 4.57 Å². The van der Waals surface area contributed by atoms with Gasteiger partial charge in [0, 0.05) is 7.11 Å². The number of aromatic nitrogens is 4. The first-order valence-electron chi connectivity index (χ1n) is 6.29. The zero-order valence-corrected chi connectivity index (χ0v) is 13.0. The van der Waals surface area contributed by atoms with Crippen molar-refractivity contribution in [3.8, 4) is 5.88 Å². The van der Waals surface area contributed by atoms with E-state index in [9.17, 15) is 4.57 Å². The highest BCUT2D eigenvalue weighted by molar-refractivity contribution is 7.51. The fraction of sp³-hybridized carbons (Fsp3) is 0.545. The van der Waals surface area contributed by atoms with Crippen LogP contribution in [0.25, 0.3) is 11.2 Å². The van der Waals surface area contributed by atoms with E-state index in [1.807, 2.05) is 0 Å². The van der Waals surface area contributed by atoms with Crippen molar-refractivity contribution in [2.75, 3.05) is 27.2 Å². The van der Waals surface area contributed by atoms with Gasteiger partial charge in [0.1, 0.15) is 12.7 Å². The zero-order valence-electron chi connectivity index (χ0n) is 12.1. The lowest BCUT2D eigenvalue weighted by molar-refractivity contribution is 0.00416. The van der Waals surface area contributed by atoms with Gasteiger partial charge < -0.3 is 28.6 Å². The van der Waals surface area contributed by atoms with Crippen LogP contribution in [0.4, 0.5) is 0 Å². The Morgan fingerprint density at radius 2 is 2.09 bits per heavy atom. The second kappa shape index (κ2) is 7.12. The van der Waals surface area contributed by atoms with E-state index in [2.05, 4.69) is 15.0 Å². The molecule has 0 fully saturated rings. The number of hydrogen-bond donors (Lipinski definition) is 2. The van der Waals surface area contributed by atoms with Crippen molar-refractivity contribution >= 4 is 18.8 Å². The Balaban J connectivity index is 2.17. The van der Waals surface area contributed by atoms with Gasteiger partial charge in [0.05, 0.1) is 32.7 Å². The maximum absolute atomic E-state index is 10.9. The van der Waals surface area contributed by atoms with Crippen molar-refractivity contribution in [2.24, 2.45) is 0 Å². The van der Waals surface area contributed by atoms with Crippen molar-refractivity contribution in [2.45, 2.75) is 12.6 Å². The zero-order chi connectivity index (χ0) is 16.2. The van der Waals surface area contributed by atoms with Crippen molar-refractivity contribution in [1.29, 1.82) is 0 Å². The third kappa shape index (κ3) is 4.21. The van der Waals surface area contributed by atoms with Gasteiger partial charge >= 0.3 is 7.60 Å². The second-order valence-corrected chi connectivity index (χ2v) is 6.08. The lowest BCUT2D eigenvalue weighted by Crippen LogP contribution is -2.25. The van der Waals surface area contributed by atoms with Crippen LogP contribution in [-0.2, 0) is 20.6 Å². The van der Waals surface area contributed by atoms with Crippen LogP contribution in [0.2, 0.25) is 0 Å². The smallest absolute Gasteiger partial charge is 0.350 e. The maximum Gasteiger partial charge on any atom is 0.350 e. The molecule has 0 aliphatic carbocycles. The minimum absolute atomic E-state index is 0.169. The summed E-state index contributed by atoms with van der Waals surface area (Å²) >= 11 is 0. The lowest BCUT2D eigenvalue weighted by atomic mass is 10.3. The van der Waals surface area contributed by atoms with Gasteiger partial charge in [-0.2, -0.15) is 4.98 Å². The number of hydrogen-bond acceptors (Lipinski definition) is 7. The van der Waals surface area contributed by atoms with Gasteiger partial charge in [0.25, 0.3) is 0 Å². The molecule has 0 radical (unpaired) electrons. The molecule has 0 saturated carbocycles.